The van der Waals surface area contributed by atoms with Crippen LogP contribution in [0.1, 0.15) is 101 Å². The van der Waals surface area contributed by atoms with Crippen LogP contribution in [0.5, 0.6) is 0 Å². The number of hydrogen-bond acceptors (Lipinski definition) is 0. The smallest absolute Gasteiger partial charge is 1.00 e. The second-order valence-corrected chi connectivity index (χ2v) is 24.2. The molecule has 2 aliphatic carbocycles. The molecular weight excluding hydrogens is 847 g/mol. The van der Waals surface area contributed by atoms with E-state index >= 15 is 0 Å². The molecule has 0 saturated heterocycles. The van der Waals surface area contributed by atoms with Crippen LogP contribution in [-0.2, 0) is 32.1 Å². The third kappa shape index (κ3) is 8.22. The molecule has 1 unspecified atom stereocenters. The predicted molar refractivity (Wildman–Crippen MR) is 244 cm³/mol. The first-order valence-electron chi connectivity index (χ1n) is 20.8. The van der Waals surface area contributed by atoms with E-state index in [2.05, 4.69) is 236 Å². The van der Waals surface area contributed by atoms with Crippen molar-refractivity contribution in [3.63, 3.8) is 0 Å². The Kier molecular flexibility index (Phi) is 12.9. The summed E-state index contributed by atoms with van der Waals surface area (Å²) in [5.74, 6) is 0.0970. The molecule has 0 N–H and O–H groups in total. The molecule has 0 amide bonds. The standard InChI is InChI=1S/C23H17.C21H25.C13H10.2ClH.Zr/c1-4-10-18(11-5-1)21-16-17-22(19-12-6-2-7-13-19)23(21)20-14-8-3-9-15-20;1-20(2,3)16-7-9-18-14(12-16)11-15-13-17(21(4,5)6)8-10-19(15)18;1-3-7-12(8-4-1)11-13-9-5-2-6-10-13;;;/h1-16,22H;7-13H,1-6H3;1-10H;2*1H;/q;;;;;+2/p-2. The van der Waals surface area contributed by atoms with Gasteiger partial charge in [0.1, 0.15) is 0 Å². The molecule has 0 radical (unpaired) electrons. The normalized spacial score (nSPS) is 14.6. The number of halogens is 2. The Labute approximate surface area is 378 Å². The van der Waals surface area contributed by atoms with Crippen LogP contribution in [0.3, 0.4) is 0 Å². The van der Waals surface area contributed by atoms with E-state index in [4.69, 9.17) is 0 Å². The van der Waals surface area contributed by atoms with Gasteiger partial charge in [0.05, 0.1) is 0 Å². The Balaban J connectivity index is 0.00000272. The molecule has 0 spiro atoms. The van der Waals surface area contributed by atoms with Crippen molar-refractivity contribution < 1.29 is 46.1 Å². The van der Waals surface area contributed by atoms with Crippen molar-refractivity contribution in [2.45, 2.75) is 61.9 Å². The maximum absolute atomic E-state index is 3.31. The summed E-state index contributed by atoms with van der Waals surface area (Å²) in [5.41, 5.74) is 18.0. The van der Waals surface area contributed by atoms with Gasteiger partial charge in [-0.15, -0.1) is 0 Å². The van der Waals surface area contributed by atoms with E-state index < -0.39 is 21.3 Å². The molecule has 1 atom stereocenters. The first-order chi connectivity index (χ1) is 28.1. The van der Waals surface area contributed by atoms with E-state index in [1.165, 1.54) is 72.3 Å². The summed E-state index contributed by atoms with van der Waals surface area (Å²) in [6.45, 7) is 14.2. The monoisotopic (exact) mass is 896 g/mol. The predicted octanol–water partition coefficient (Wildman–Crippen LogP) is 8.54. The van der Waals surface area contributed by atoms with E-state index in [0.717, 1.165) is 0 Å². The first-order valence-corrected chi connectivity index (χ1v) is 24.7. The summed E-state index contributed by atoms with van der Waals surface area (Å²) in [4.78, 5) is 0. The SMILES string of the molecule is CC(C)(C)c1ccc2c(c1)[CH]([Zr+2]([C]1=CC(c3ccccc3)=C(c3ccccc3)C1c1ccccc1)=[C](c1ccccc1)c1ccccc1)c1cc(C(C)(C)C)ccc1-2.[Cl-].[Cl-]. The van der Waals surface area contributed by atoms with Crippen molar-refractivity contribution in [3.8, 4) is 11.1 Å². The van der Waals surface area contributed by atoms with Crippen LogP contribution in [0.4, 0.5) is 0 Å². The minimum atomic E-state index is -3.31. The minimum absolute atomic E-state index is 0. The Hall–Kier alpha value is -4.65. The van der Waals surface area contributed by atoms with Gasteiger partial charge in [-0.1, -0.05) is 0 Å². The average Bonchev–Trinajstić information content (AvgIpc) is 3.80. The summed E-state index contributed by atoms with van der Waals surface area (Å²) >= 11 is -3.31. The fraction of sp³-hybridized carbons (Fsp3) is 0.175. The van der Waals surface area contributed by atoms with Gasteiger partial charge in [0, 0.05) is 0 Å². The molecular formula is C57H52Cl2Zr. The molecule has 2 aliphatic rings. The molecule has 0 saturated carbocycles. The third-order valence-corrected chi connectivity index (χ3v) is 20.5. The molecule has 7 aromatic carbocycles. The zero-order valence-corrected chi connectivity index (χ0v) is 39.4. The summed E-state index contributed by atoms with van der Waals surface area (Å²) in [6, 6.07) is 71.6. The van der Waals surface area contributed by atoms with Gasteiger partial charge < -0.3 is 24.8 Å². The second-order valence-electron chi connectivity index (χ2n) is 18.1. The average molecular weight is 899 g/mol. The van der Waals surface area contributed by atoms with E-state index in [0.29, 0.717) is 0 Å². The van der Waals surface area contributed by atoms with Crippen molar-refractivity contribution in [1.29, 1.82) is 0 Å². The number of fused-ring (bicyclic) bond motifs is 3. The number of hydrogen-bond donors (Lipinski definition) is 0. The molecule has 0 bridgehead atoms. The molecule has 7 aromatic rings. The zero-order chi connectivity index (χ0) is 40.0. The van der Waals surface area contributed by atoms with Crippen molar-refractivity contribution >= 4 is 14.4 Å². The van der Waals surface area contributed by atoms with Crippen molar-refractivity contribution in [2.24, 2.45) is 0 Å². The first kappa shape index (κ1) is 43.4. The summed E-state index contributed by atoms with van der Waals surface area (Å²) in [6.07, 6.45) is 2.69. The van der Waals surface area contributed by atoms with Crippen LogP contribution < -0.4 is 24.8 Å². The Morgan fingerprint density at radius 3 is 1.28 bits per heavy atom. The molecule has 60 heavy (non-hydrogen) atoms. The van der Waals surface area contributed by atoms with Gasteiger partial charge in [0.15, 0.2) is 0 Å². The summed E-state index contributed by atoms with van der Waals surface area (Å²) < 4.78 is 3.43. The topological polar surface area (TPSA) is 0 Å². The van der Waals surface area contributed by atoms with Crippen molar-refractivity contribution in [1.82, 2.24) is 0 Å². The fourth-order valence-corrected chi connectivity index (χ4v) is 18.9. The molecule has 0 nitrogen and oxygen atoms in total. The molecule has 9 rings (SSSR count). The van der Waals surface area contributed by atoms with Crippen LogP contribution in [0, 0.1) is 0 Å². The number of benzene rings is 7. The van der Waals surface area contributed by atoms with Crippen LogP contribution >= 0.6 is 0 Å². The Morgan fingerprint density at radius 2 is 0.850 bits per heavy atom. The van der Waals surface area contributed by atoms with E-state index in [1.807, 2.05) is 0 Å². The van der Waals surface area contributed by atoms with Crippen molar-refractivity contribution in [3.05, 3.63) is 247 Å². The molecule has 298 valence electrons. The number of rotatable bonds is 7. The van der Waals surface area contributed by atoms with Gasteiger partial charge >= 0.3 is 356 Å². The fourth-order valence-electron chi connectivity index (χ4n) is 9.30. The quantitative estimate of drug-likeness (QED) is 0.151. The van der Waals surface area contributed by atoms with Gasteiger partial charge in [-0.3, -0.25) is 0 Å². The third-order valence-electron chi connectivity index (χ3n) is 12.2. The van der Waals surface area contributed by atoms with E-state index in [1.54, 1.807) is 6.49 Å². The maximum Gasteiger partial charge on any atom is -1.00 e. The van der Waals surface area contributed by atoms with Gasteiger partial charge in [0.25, 0.3) is 0 Å². The molecule has 0 aromatic heterocycles. The molecule has 3 heteroatoms. The van der Waals surface area contributed by atoms with Crippen LogP contribution in [-0.4, -0.2) is 3.21 Å². The van der Waals surface area contributed by atoms with E-state index in [-0.39, 0.29) is 45.2 Å². The van der Waals surface area contributed by atoms with Crippen molar-refractivity contribution in [2.75, 3.05) is 0 Å². The van der Waals surface area contributed by atoms with Gasteiger partial charge in [-0.2, -0.15) is 0 Å². The molecule has 0 heterocycles. The minimum Gasteiger partial charge on any atom is -1.00 e. The molecule has 0 aliphatic heterocycles. The summed E-state index contributed by atoms with van der Waals surface area (Å²) in [7, 11) is 0. The van der Waals surface area contributed by atoms with Gasteiger partial charge in [-0.25, -0.2) is 0 Å². The number of allylic oxidation sites excluding steroid dienone is 4. The zero-order valence-electron chi connectivity index (χ0n) is 35.4. The van der Waals surface area contributed by atoms with Gasteiger partial charge in [-0.05, 0) is 0 Å². The Bertz CT molecular complexity index is 2590. The second kappa shape index (κ2) is 17.8. The van der Waals surface area contributed by atoms with Crippen LogP contribution in [0.25, 0.3) is 22.3 Å². The van der Waals surface area contributed by atoms with Gasteiger partial charge in [0.2, 0.25) is 0 Å². The maximum atomic E-state index is 2.69. The van der Waals surface area contributed by atoms with Crippen LogP contribution in [0.15, 0.2) is 197 Å². The largest absolute Gasteiger partial charge is 1.00 e. The van der Waals surface area contributed by atoms with E-state index in [9.17, 15) is 0 Å². The molecule has 0 fully saturated rings. The summed E-state index contributed by atoms with van der Waals surface area (Å²) in [5, 5.41) is 0. The Morgan fingerprint density at radius 1 is 0.450 bits per heavy atom. The van der Waals surface area contributed by atoms with Crippen LogP contribution in [0.2, 0.25) is 0 Å².